The summed E-state index contributed by atoms with van der Waals surface area (Å²) in [4.78, 5) is 34.4. The number of hydrogen-bond donors (Lipinski definition) is 1. The van der Waals surface area contributed by atoms with Gasteiger partial charge in [0.25, 0.3) is 5.91 Å². The van der Waals surface area contributed by atoms with E-state index in [2.05, 4.69) is 20.4 Å². The van der Waals surface area contributed by atoms with Crippen LogP contribution in [-0.4, -0.2) is 31.4 Å². The zero-order valence-corrected chi connectivity index (χ0v) is 16.4. The van der Waals surface area contributed by atoms with Crippen LogP contribution in [0.4, 0.5) is 5.13 Å². The zero-order valence-electron chi connectivity index (χ0n) is 15.6. The highest BCUT2D eigenvalue weighted by Crippen LogP contribution is 2.32. The lowest BCUT2D eigenvalue weighted by atomic mass is 10.1. The topological polar surface area (TPSA) is 89.8 Å². The summed E-state index contributed by atoms with van der Waals surface area (Å²) in [5.74, 6) is -0.404. The van der Waals surface area contributed by atoms with Crippen molar-refractivity contribution in [2.24, 2.45) is 7.05 Å². The number of carbonyl (C=O) groups excluding carboxylic acids is 2. The summed E-state index contributed by atoms with van der Waals surface area (Å²) in [6, 6.07) is 11.2. The Labute approximate surface area is 165 Å². The van der Waals surface area contributed by atoms with Crippen molar-refractivity contribution in [2.45, 2.75) is 13.8 Å². The van der Waals surface area contributed by atoms with Crippen LogP contribution in [0, 0.1) is 6.92 Å². The monoisotopic (exact) mass is 391 g/mol. The second-order valence-corrected chi connectivity index (χ2v) is 7.39. The van der Waals surface area contributed by atoms with Crippen molar-refractivity contribution in [1.29, 1.82) is 0 Å². The highest BCUT2D eigenvalue weighted by Gasteiger charge is 2.20. The molecule has 0 spiro atoms. The molecule has 0 unspecified atom stereocenters. The Hall–Kier alpha value is -3.39. The molecule has 0 atom stereocenters. The fraction of sp³-hybridized carbons (Fsp3) is 0.150. The van der Waals surface area contributed by atoms with Gasteiger partial charge in [0.1, 0.15) is 0 Å². The van der Waals surface area contributed by atoms with Crippen molar-refractivity contribution in [2.75, 3.05) is 5.32 Å². The van der Waals surface area contributed by atoms with Gasteiger partial charge in [0, 0.05) is 25.2 Å². The van der Waals surface area contributed by atoms with Crippen LogP contribution < -0.4 is 5.32 Å². The first-order chi connectivity index (χ1) is 13.4. The number of anilines is 1. The van der Waals surface area contributed by atoms with Gasteiger partial charge in [0.15, 0.2) is 16.6 Å². The number of thiazole rings is 1. The van der Waals surface area contributed by atoms with Crippen LogP contribution in [0.15, 0.2) is 42.6 Å². The molecule has 4 aromatic rings. The van der Waals surface area contributed by atoms with Gasteiger partial charge >= 0.3 is 0 Å². The lowest BCUT2D eigenvalue weighted by Crippen LogP contribution is -2.13. The number of ketones is 1. The van der Waals surface area contributed by atoms with Crippen LogP contribution in [0.3, 0.4) is 0 Å². The second-order valence-electron chi connectivity index (χ2n) is 6.39. The first-order valence-corrected chi connectivity index (χ1v) is 9.43. The molecule has 1 amide bonds. The summed E-state index contributed by atoms with van der Waals surface area (Å²) in [5, 5.41) is 8.05. The molecule has 0 aliphatic rings. The summed E-state index contributed by atoms with van der Waals surface area (Å²) in [6.45, 7) is 3.32. The van der Waals surface area contributed by atoms with E-state index in [0.717, 1.165) is 11.3 Å². The number of aromatic nitrogens is 4. The zero-order chi connectivity index (χ0) is 19.8. The van der Waals surface area contributed by atoms with Gasteiger partial charge in [0.2, 0.25) is 0 Å². The molecule has 0 saturated heterocycles. The van der Waals surface area contributed by atoms with Crippen LogP contribution in [0.25, 0.3) is 22.3 Å². The number of nitrogens with zero attached hydrogens (tertiary/aromatic N) is 4. The molecule has 0 aliphatic carbocycles. The Morgan fingerprint density at radius 3 is 2.61 bits per heavy atom. The fourth-order valence-electron chi connectivity index (χ4n) is 3.00. The lowest BCUT2D eigenvalue weighted by Gasteiger charge is -2.05. The van der Waals surface area contributed by atoms with E-state index >= 15 is 0 Å². The molecule has 28 heavy (non-hydrogen) atoms. The molecular formula is C20H17N5O2S. The molecule has 0 bridgehead atoms. The van der Waals surface area contributed by atoms with Gasteiger partial charge in [-0.3, -0.25) is 19.6 Å². The van der Waals surface area contributed by atoms with E-state index in [1.165, 1.54) is 18.3 Å². The SMILES string of the molecule is CC(=O)c1sc(NC(=O)c2cc(C)nc3c2cnn3C)nc1-c1ccccc1. The molecular weight excluding hydrogens is 374 g/mol. The van der Waals surface area contributed by atoms with Crippen LogP contribution in [0.2, 0.25) is 0 Å². The van der Waals surface area contributed by atoms with Gasteiger partial charge in [0.05, 0.1) is 27.7 Å². The smallest absolute Gasteiger partial charge is 0.258 e. The van der Waals surface area contributed by atoms with Crippen molar-refractivity contribution in [3.8, 4) is 11.3 Å². The quantitative estimate of drug-likeness (QED) is 0.534. The van der Waals surface area contributed by atoms with E-state index in [0.29, 0.717) is 32.3 Å². The van der Waals surface area contributed by atoms with Gasteiger partial charge in [-0.05, 0) is 13.0 Å². The Morgan fingerprint density at radius 2 is 1.89 bits per heavy atom. The minimum Gasteiger partial charge on any atom is -0.298 e. The molecule has 7 nitrogen and oxygen atoms in total. The van der Waals surface area contributed by atoms with Gasteiger partial charge < -0.3 is 0 Å². The number of rotatable bonds is 4. The summed E-state index contributed by atoms with van der Waals surface area (Å²) in [5.41, 5.74) is 3.23. The summed E-state index contributed by atoms with van der Waals surface area (Å²) >= 11 is 1.17. The molecule has 4 rings (SSSR count). The molecule has 0 radical (unpaired) electrons. The molecule has 8 heteroatoms. The lowest BCUT2D eigenvalue weighted by molar-refractivity contribution is 0.101. The van der Waals surface area contributed by atoms with Gasteiger partial charge in [-0.25, -0.2) is 9.97 Å². The number of amides is 1. The third kappa shape index (κ3) is 3.18. The van der Waals surface area contributed by atoms with E-state index in [-0.39, 0.29) is 11.7 Å². The normalized spacial score (nSPS) is 11.0. The Morgan fingerprint density at radius 1 is 1.14 bits per heavy atom. The molecule has 140 valence electrons. The highest BCUT2D eigenvalue weighted by atomic mass is 32.1. The van der Waals surface area contributed by atoms with E-state index < -0.39 is 0 Å². The van der Waals surface area contributed by atoms with Crippen molar-refractivity contribution in [3.05, 3.63) is 58.7 Å². The van der Waals surface area contributed by atoms with Crippen molar-refractivity contribution < 1.29 is 9.59 Å². The first-order valence-electron chi connectivity index (χ1n) is 8.62. The van der Waals surface area contributed by atoms with Crippen LogP contribution in [-0.2, 0) is 7.05 Å². The molecule has 0 aliphatic heterocycles. The predicted octanol–water partition coefficient (Wildman–Crippen LogP) is 3.86. The average Bonchev–Trinajstić information content (AvgIpc) is 3.26. The first kappa shape index (κ1) is 18.0. The Kier molecular flexibility index (Phi) is 4.48. The van der Waals surface area contributed by atoms with Crippen LogP contribution in [0.5, 0.6) is 0 Å². The third-order valence-electron chi connectivity index (χ3n) is 4.29. The maximum atomic E-state index is 12.9. The largest absolute Gasteiger partial charge is 0.298 e. The number of aryl methyl sites for hydroxylation is 2. The Bertz CT molecular complexity index is 1210. The highest BCUT2D eigenvalue weighted by molar-refractivity contribution is 7.18. The van der Waals surface area contributed by atoms with E-state index in [1.54, 1.807) is 24.0 Å². The fourth-order valence-corrected chi connectivity index (χ4v) is 3.87. The van der Waals surface area contributed by atoms with Crippen LogP contribution >= 0.6 is 11.3 Å². The van der Waals surface area contributed by atoms with Gasteiger partial charge in [-0.2, -0.15) is 5.10 Å². The van der Waals surface area contributed by atoms with Crippen molar-refractivity contribution in [1.82, 2.24) is 19.7 Å². The molecule has 3 heterocycles. The Balaban J connectivity index is 1.72. The standard InChI is InChI=1S/C20H17N5O2S/c1-11-9-14(15-10-21-25(3)18(15)22-11)19(27)24-20-23-16(17(28-20)12(2)26)13-7-5-4-6-8-13/h4-10H,1-3H3,(H,23,24,27). The minimum absolute atomic E-state index is 0.0914. The molecule has 3 aromatic heterocycles. The number of benzene rings is 1. The molecule has 1 aromatic carbocycles. The van der Waals surface area contributed by atoms with Gasteiger partial charge in [-0.15, -0.1) is 0 Å². The number of carbonyl (C=O) groups is 2. The molecule has 1 N–H and O–H groups in total. The predicted molar refractivity (Wildman–Crippen MR) is 109 cm³/mol. The molecule has 0 saturated carbocycles. The minimum atomic E-state index is -0.313. The maximum Gasteiger partial charge on any atom is 0.258 e. The average molecular weight is 391 g/mol. The summed E-state index contributed by atoms with van der Waals surface area (Å²) in [7, 11) is 1.78. The summed E-state index contributed by atoms with van der Waals surface area (Å²) in [6.07, 6.45) is 1.62. The number of hydrogen-bond acceptors (Lipinski definition) is 6. The van der Waals surface area contributed by atoms with E-state index in [1.807, 2.05) is 37.3 Å². The number of fused-ring (bicyclic) bond motifs is 1. The van der Waals surface area contributed by atoms with Gasteiger partial charge in [-0.1, -0.05) is 41.7 Å². The van der Waals surface area contributed by atoms with E-state index in [4.69, 9.17) is 0 Å². The van der Waals surface area contributed by atoms with Crippen molar-refractivity contribution >= 4 is 39.2 Å². The van der Waals surface area contributed by atoms with Crippen molar-refractivity contribution in [3.63, 3.8) is 0 Å². The number of Topliss-reactive ketones (excluding diaryl/α,β-unsaturated/α-hetero) is 1. The second kappa shape index (κ2) is 6.97. The number of nitrogens with one attached hydrogen (secondary N) is 1. The summed E-state index contributed by atoms with van der Waals surface area (Å²) < 4.78 is 1.63. The van der Waals surface area contributed by atoms with E-state index in [9.17, 15) is 9.59 Å². The maximum absolute atomic E-state index is 12.9. The molecule has 0 fully saturated rings. The third-order valence-corrected chi connectivity index (χ3v) is 5.36. The van der Waals surface area contributed by atoms with Crippen LogP contribution in [0.1, 0.15) is 32.6 Å². The number of pyridine rings is 1.